The first-order valence-electron chi connectivity index (χ1n) is 9.41. The summed E-state index contributed by atoms with van der Waals surface area (Å²) in [5.74, 6) is -1.09. The maximum atomic E-state index is 13.0. The van der Waals surface area contributed by atoms with Crippen LogP contribution >= 0.6 is 23.2 Å². The minimum Gasteiger partial charge on any atom is -0.503 e. The summed E-state index contributed by atoms with van der Waals surface area (Å²) < 4.78 is 0. The summed E-state index contributed by atoms with van der Waals surface area (Å²) in [4.78, 5) is 14.3. The Labute approximate surface area is 184 Å². The minimum absolute atomic E-state index is 0.0881. The van der Waals surface area contributed by atoms with Crippen LogP contribution in [0.3, 0.4) is 0 Å². The summed E-state index contributed by atoms with van der Waals surface area (Å²) in [6.07, 6.45) is 0.0881. The average Bonchev–Trinajstić information content (AvgIpc) is 2.92. The molecular weight excluding hydrogens is 421 g/mol. The van der Waals surface area contributed by atoms with Gasteiger partial charge in [-0.25, -0.2) is 0 Å². The van der Waals surface area contributed by atoms with Crippen molar-refractivity contribution >= 4 is 34.7 Å². The molecule has 30 heavy (non-hydrogen) atoms. The van der Waals surface area contributed by atoms with E-state index in [9.17, 15) is 15.0 Å². The lowest BCUT2D eigenvalue weighted by Gasteiger charge is -2.36. The third kappa shape index (κ3) is 3.82. The molecule has 4 nitrogen and oxygen atoms in total. The van der Waals surface area contributed by atoms with Crippen LogP contribution in [0.4, 0.5) is 0 Å². The number of rotatable bonds is 5. The molecule has 0 fully saturated rings. The molecule has 1 aliphatic rings. The molecule has 1 heterocycles. The van der Waals surface area contributed by atoms with Crippen molar-refractivity contribution in [1.29, 1.82) is 0 Å². The van der Waals surface area contributed by atoms with Crippen LogP contribution in [-0.2, 0) is 17.8 Å². The highest BCUT2D eigenvalue weighted by Gasteiger charge is 2.51. The fourth-order valence-corrected chi connectivity index (χ4v) is 4.00. The Balaban J connectivity index is 1.80. The van der Waals surface area contributed by atoms with Crippen molar-refractivity contribution in [2.45, 2.75) is 18.7 Å². The molecule has 4 rings (SSSR count). The molecule has 152 valence electrons. The monoisotopic (exact) mass is 439 g/mol. The number of benzene rings is 3. The molecule has 0 radical (unpaired) electrons. The van der Waals surface area contributed by atoms with Crippen LogP contribution in [0.5, 0.6) is 0 Å². The molecule has 0 aliphatic carbocycles. The van der Waals surface area contributed by atoms with Crippen LogP contribution < -0.4 is 0 Å². The van der Waals surface area contributed by atoms with Crippen LogP contribution in [0.15, 0.2) is 84.6 Å². The smallest absolute Gasteiger partial charge is 0.292 e. The van der Waals surface area contributed by atoms with E-state index >= 15 is 0 Å². The lowest BCUT2D eigenvalue weighted by atomic mass is 9.90. The van der Waals surface area contributed by atoms with Crippen molar-refractivity contribution in [3.05, 3.63) is 111 Å². The first kappa shape index (κ1) is 20.5. The Morgan fingerprint density at radius 2 is 1.37 bits per heavy atom. The summed E-state index contributed by atoms with van der Waals surface area (Å²) in [5.41, 5.74) is 0.547. The van der Waals surface area contributed by atoms with Crippen LogP contribution in [0.25, 0.3) is 5.57 Å². The summed E-state index contributed by atoms with van der Waals surface area (Å²) in [5, 5.41) is 23.7. The van der Waals surface area contributed by atoms with E-state index in [0.29, 0.717) is 15.6 Å². The maximum absolute atomic E-state index is 13.0. The molecule has 1 amide bonds. The van der Waals surface area contributed by atoms with E-state index in [1.807, 2.05) is 30.3 Å². The van der Waals surface area contributed by atoms with Gasteiger partial charge in [0.1, 0.15) is 0 Å². The number of hydrogen-bond acceptors (Lipinski definition) is 3. The summed E-state index contributed by atoms with van der Waals surface area (Å²) in [6, 6.07) is 23.1. The standard InChI is InChI=1S/C24H19Cl2NO3/c25-19-10-6-16(7-11-19)14-24(30)21(18-8-12-20(26)13-9-18)22(28)23(29)27(24)15-17-4-2-1-3-5-17/h1-13,28,30H,14-15H2. The van der Waals surface area contributed by atoms with Gasteiger partial charge < -0.3 is 10.2 Å². The van der Waals surface area contributed by atoms with Gasteiger partial charge >= 0.3 is 0 Å². The topological polar surface area (TPSA) is 60.8 Å². The van der Waals surface area contributed by atoms with Gasteiger partial charge in [-0.05, 0) is 41.0 Å². The summed E-state index contributed by atoms with van der Waals surface area (Å²) in [7, 11) is 0. The number of aliphatic hydroxyl groups is 2. The molecule has 3 aromatic carbocycles. The van der Waals surface area contributed by atoms with Crippen LogP contribution in [0.1, 0.15) is 16.7 Å². The molecule has 0 bridgehead atoms. The highest BCUT2D eigenvalue weighted by atomic mass is 35.5. The molecule has 3 aromatic rings. The van der Waals surface area contributed by atoms with Crippen LogP contribution in [0, 0.1) is 0 Å². The predicted octanol–water partition coefficient (Wildman–Crippen LogP) is 5.24. The Kier molecular flexibility index (Phi) is 5.56. The second-order valence-electron chi connectivity index (χ2n) is 7.23. The minimum atomic E-state index is -1.75. The molecule has 1 aliphatic heterocycles. The number of carbonyl (C=O) groups is 1. The Bertz CT molecular complexity index is 1100. The molecule has 0 spiro atoms. The number of aliphatic hydroxyl groups excluding tert-OH is 1. The van der Waals surface area contributed by atoms with Gasteiger partial charge in [0.25, 0.3) is 5.91 Å². The van der Waals surface area contributed by atoms with Gasteiger partial charge in [0.2, 0.25) is 0 Å². The largest absolute Gasteiger partial charge is 0.503 e. The number of halogens is 2. The Morgan fingerprint density at radius 1 is 0.800 bits per heavy atom. The van der Waals surface area contributed by atoms with Crippen LogP contribution in [0.2, 0.25) is 10.0 Å². The Hall–Kier alpha value is -2.79. The van der Waals surface area contributed by atoms with Crippen molar-refractivity contribution in [1.82, 2.24) is 4.90 Å². The third-order valence-electron chi connectivity index (χ3n) is 5.21. The number of hydrogen-bond donors (Lipinski definition) is 2. The fraction of sp³-hybridized carbons (Fsp3) is 0.125. The van der Waals surface area contributed by atoms with E-state index in [1.54, 1.807) is 48.5 Å². The van der Waals surface area contributed by atoms with Gasteiger partial charge in [-0.3, -0.25) is 9.69 Å². The molecule has 1 unspecified atom stereocenters. The molecule has 0 aromatic heterocycles. The van der Waals surface area contributed by atoms with Gasteiger partial charge in [-0.15, -0.1) is 0 Å². The zero-order valence-electron chi connectivity index (χ0n) is 15.9. The molecule has 6 heteroatoms. The van der Waals surface area contributed by atoms with E-state index in [4.69, 9.17) is 23.2 Å². The SMILES string of the molecule is O=C1C(O)=C(c2ccc(Cl)cc2)C(O)(Cc2ccc(Cl)cc2)N1Cc1ccccc1. The van der Waals surface area contributed by atoms with E-state index in [-0.39, 0.29) is 18.5 Å². The summed E-state index contributed by atoms with van der Waals surface area (Å²) >= 11 is 12.0. The average molecular weight is 440 g/mol. The Morgan fingerprint density at radius 3 is 1.97 bits per heavy atom. The van der Waals surface area contributed by atoms with Gasteiger partial charge in [0.15, 0.2) is 11.5 Å². The first-order chi connectivity index (χ1) is 14.4. The zero-order chi connectivity index (χ0) is 21.3. The third-order valence-corrected chi connectivity index (χ3v) is 5.72. The predicted molar refractivity (Wildman–Crippen MR) is 118 cm³/mol. The number of nitrogens with zero attached hydrogens (tertiary/aromatic N) is 1. The van der Waals surface area contributed by atoms with Crippen molar-refractivity contribution < 1.29 is 15.0 Å². The second kappa shape index (κ2) is 8.15. The lowest BCUT2D eigenvalue weighted by molar-refractivity contribution is -0.144. The van der Waals surface area contributed by atoms with Crippen molar-refractivity contribution in [3.8, 4) is 0 Å². The number of carbonyl (C=O) groups excluding carboxylic acids is 1. The molecule has 0 saturated heterocycles. The number of amides is 1. The second-order valence-corrected chi connectivity index (χ2v) is 8.10. The molecule has 2 N–H and O–H groups in total. The van der Waals surface area contributed by atoms with Gasteiger partial charge in [0, 0.05) is 23.0 Å². The summed E-state index contributed by atoms with van der Waals surface area (Å²) in [6.45, 7) is 0.144. The van der Waals surface area contributed by atoms with E-state index in [0.717, 1.165) is 11.1 Å². The highest BCUT2D eigenvalue weighted by molar-refractivity contribution is 6.30. The van der Waals surface area contributed by atoms with Gasteiger partial charge in [-0.2, -0.15) is 0 Å². The normalized spacial score (nSPS) is 18.9. The van der Waals surface area contributed by atoms with E-state index in [1.165, 1.54) is 4.90 Å². The maximum Gasteiger partial charge on any atom is 0.292 e. The van der Waals surface area contributed by atoms with Crippen molar-refractivity contribution in [3.63, 3.8) is 0 Å². The lowest BCUT2D eigenvalue weighted by Crippen LogP contribution is -2.49. The highest BCUT2D eigenvalue weighted by Crippen LogP contribution is 2.43. The van der Waals surface area contributed by atoms with Gasteiger partial charge in [-0.1, -0.05) is 77.8 Å². The zero-order valence-corrected chi connectivity index (χ0v) is 17.4. The van der Waals surface area contributed by atoms with Crippen molar-refractivity contribution in [2.75, 3.05) is 0 Å². The van der Waals surface area contributed by atoms with Crippen LogP contribution in [-0.4, -0.2) is 26.7 Å². The fourth-order valence-electron chi connectivity index (χ4n) is 3.75. The van der Waals surface area contributed by atoms with E-state index < -0.39 is 17.4 Å². The first-order valence-corrected chi connectivity index (χ1v) is 10.2. The van der Waals surface area contributed by atoms with Crippen molar-refractivity contribution in [2.24, 2.45) is 0 Å². The van der Waals surface area contributed by atoms with Gasteiger partial charge in [0.05, 0.1) is 5.57 Å². The quantitative estimate of drug-likeness (QED) is 0.571. The molecule has 1 atom stereocenters. The van der Waals surface area contributed by atoms with E-state index in [2.05, 4.69) is 0 Å². The molecule has 0 saturated carbocycles. The molecular formula is C24H19Cl2NO3.